The summed E-state index contributed by atoms with van der Waals surface area (Å²) in [6, 6.07) is 0. The smallest absolute Gasteiger partial charge is 0.473 e. The number of rotatable bonds is 0. The number of hydrogen-bond acceptors (Lipinski definition) is 1. The van der Waals surface area contributed by atoms with E-state index in [1.54, 1.807) is 0 Å². The fraction of sp³-hybridized carbons (Fsp3) is 0. The van der Waals surface area contributed by atoms with Crippen LogP contribution in [0.3, 0.4) is 0 Å². The standard InChI is InChI=1S/CH2O2S.Sb/c2-1(3)4;/h4H,(H,2,3);/q;+3. The van der Waals surface area contributed by atoms with Crippen LogP contribution in [-0.2, 0) is 0 Å². The third kappa shape index (κ3) is 79.3. The minimum Gasteiger partial charge on any atom is -0.473 e. The molecule has 0 aliphatic heterocycles. The molecule has 0 unspecified atom stereocenters. The van der Waals surface area contributed by atoms with Gasteiger partial charge in [0, 0.05) is 0 Å². The van der Waals surface area contributed by atoms with Crippen LogP contribution >= 0.6 is 12.6 Å². The van der Waals surface area contributed by atoms with Gasteiger partial charge in [-0.3, -0.25) is 0 Å². The molecule has 0 amide bonds. The summed E-state index contributed by atoms with van der Waals surface area (Å²) in [5.74, 6) is 0. The third-order valence-corrected chi connectivity index (χ3v) is 0. The Bertz CT molecular complexity index is 32.6. The van der Waals surface area contributed by atoms with Gasteiger partial charge in [0.05, 0.1) is 0 Å². The molecular weight excluding hydrogens is 198 g/mol. The average molecular weight is 200 g/mol. The van der Waals surface area contributed by atoms with E-state index in [0.717, 1.165) is 0 Å². The van der Waals surface area contributed by atoms with E-state index in [1.165, 1.54) is 0 Å². The van der Waals surface area contributed by atoms with Crippen LogP contribution in [0.2, 0.25) is 0 Å². The van der Waals surface area contributed by atoms with E-state index in [4.69, 9.17) is 9.90 Å². The first-order valence-corrected chi connectivity index (χ1v) is 1.10. The van der Waals surface area contributed by atoms with E-state index in [0.29, 0.717) is 0 Å². The van der Waals surface area contributed by atoms with Crippen LogP contribution in [0.5, 0.6) is 0 Å². The zero-order valence-corrected chi connectivity index (χ0v) is 5.70. The molecule has 0 fully saturated rings. The molecule has 0 heterocycles. The maximum atomic E-state index is 8.86. The van der Waals surface area contributed by atoms with E-state index in [-0.39, 0.29) is 24.4 Å². The van der Waals surface area contributed by atoms with Crippen LogP contribution in [0.1, 0.15) is 0 Å². The second-order valence-electron chi connectivity index (χ2n) is 0.283. The van der Waals surface area contributed by atoms with Gasteiger partial charge < -0.3 is 5.11 Å². The summed E-state index contributed by atoms with van der Waals surface area (Å²) >= 11 is 2.88. The van der Waals surface area contributed by atoms with Crippen LogP contribution < -0.4 is 0 Å². The minimum atomic E-state index is -1.14. The Morgan fingerprint density at radius 1 is 1.80 bits per heavy atom. The molecular formula is CH2O2SSb+3. The van der Waals surface area contributed by atoms with E-state index in [1.807, 2.05) is 0 Å². The van der Waals surface area contributed by atoms with Gasteiger partial charge >= 0.3 is 29.7 Å². The van der Waals surface area contributed by atoms with Gasteiger partial charge in [0.1, 0.15) is 0 Å². The molecule has 0 aromatic carbocycles. The Morgan fingerprint density at radius 3 is 1.80 bits per heavy atom. The molecule has 0 spiro atoms. The minimum absolute atomic E-state index is 0. The Kier molecular flexibility index (Phi) is 8.50. The van der Waals surface area contributed by atoms with Crippen molar-refractivity contribution in [2.45, 2.75) is 0 Å². The SMILES string of the molecule is O=C(O)S.[Sb+3]. The summed E-state index contributed by atoms with van der Waals surface area (Å²) < 4.78 is 0. The van der Waals surface area contributed by atoms with Crippen LogP contribution in [0.15, 0.2) is 0 Å². The van der Waals surface area contributed by atoms with E-state index in [2.05, 4.69) is 12.6 Å². The van der Waals surface area contributed by atoms with Crippen molar-refractivity contribution in [1.82, 2.24) is 0 Å². The fourth-order valence-electron chi connectivity index (χ4n) is 0. The summed E-state index contributed by atoms with van der Waals surface area (Å²) in [7, 11) is 0. The molecule has 0 saturated heterocycles. The molecule has 2 radical (unpaired) electrons. The second-order valence-corrected chi connectivity index (χ2v) is 0.665. The second kappa shape index (κ2) is 4.64. The van der Waals surface area contributed by atoms with Gasteiger partial charge in [-0.15, -0.1) is 0 Å². The molecule has 0 aliphatic carbocycles. The van der Waals surface area contributed by atoms with Gasteiger partial charge in [-0.2, -0.15) is 0 Å². The summed E-state index contributed by atoms with van der Waals surface area (Å²) in [6.45, 7) is 0. The van der Waals surface area contributed by atoms with Crippen molar-refractivity contribution < 1.29 is 9.90 Å². The molecule has 0 rings (SSSR count). The number of carboxylic acid groups (broad SMARTS) is 1. The van der Waals surface area contributed by atoms with Crippen LogP contribution in [-0.4, -0.2) is 34.8 Å². The van der Waals surface area contributed by atoms with Crippen molar-refractivity contribution in [3.63, 3.8) is 0 Å². The molecule has 0 saturated carbocycles. The number of carbonyl (C=O) groups is 1. The summed E-state index contributed by atoms with van der Waals surface area (Å²) in [4.78, 5) is 8.86. The van der Waals surface area contributed by atoms with Gasteiger partial charge in [-0.1, -0.05) is 12.6 Å². The van der Waals surface area contributed by atoms with E-state index >= 15 is 0 Å². The first kappa shape index (κ1) is 9.16. The first-order chi connectivity index (χ1) is 1.73. The molecule has 5 heavy (non-hydrogen) atoms. The van der Waals surface area contributed by atoms with Crippen molar-refractivity contribution in [2.75, 3.05) is 0 Å². The molecule has 2 nitrogen and oxygen atoms in total. The van der Waals surface area contributed by atoms with Gasteiger partial charge in [-0.25, -0.2) is 4.79 Å². The maximum absolute atomic E-state index is 8.86. The molecule has 0 bridgehead atoms. The van der Waals surface area contributed by atoms with Crippen molar-refractivity contribution in [3.8, 4) is 0 Å². The molecule has 26 valence electrons. The summed E-state index contributed by atoms with van der Waals surface area (Å²) in [6.07, 6.45) is 0. The maximum Gasteiger partial charge on any atom is 3.00 e. The molecule has 0 atom stereocenters. The number of thiol groups is 1. The van der Waals surface area contributed by atoms with Gasteiger partial charge in [0.25, 0.3) is 0 Å². The van der Waals surface area contributed by atoms with Crippen molar-refractivity contribution >= 4 is 42.4 Å². The van der Waals surface area contributed by atoms with Crippen molar-refractivity contribution in [1.29, 1.82) is 0 Å². The van der Waals surface area contributed by atoms with Crippen LogP contribution in [0.4, 0.5) is 4.79 Å². The van der Waals surface area contributed by atoms with Gasteiger partial charge in [0.15, 0.2) is 0 Å². The predicted molar refractivity (Wildman–Crippen MR) is 22.8 cm³/mol. The van der Waals surface area contributed by atoms with Crippen LogP contribution in [0.25, 0.3) is 0 Å². The van der Waals surface area contributed by atoms with Crippen LogP contribution in [0, 0.1) is 0 Å². The fourth-order valence-corrected chi connectivity index (χ4v) is 0. The van der Waals surface area contributed by atoms with Gasteiger partial charge in [0.2, 0.25) is 0 Å². The Hall–Kier alpha value is 0.638. The quantitative estimate of drug-likeness (QED) is 0.433. The van der Waals surface area contributed by atoms with Crippen molar-refractivity contribution in [2.24, 2.45) is 0 Å². The Morgan fingerprint density at radius 2 is 1.80 bits per heavy atom. The van der Waals surface area contributed by atoms with Gasteiger partial charge in [-0.05, 0) is 0 Å². The monoisotopic (exact) mass is 199 g/mol. The normalized spacial score (nSPS) is 5.00. The predicted octanol–water partition coefficient (Wildman–Crippen LogP) is 0.213. The van der Waals surface area contributed by atoms with E-state index in [9.17, 15) is 0 Å². The Balaban J connectivity index is 0. The molecule has 0 aromatic rings. The Labute approximate surface area is 52.4 Å². The first-order valence-electron chi connectivity index (χ1n) is 0.651. The number of hydrogen-bond donors (Lipinski definition) is 2. The summed E-state index contributed by atoms with van der Waals surface area (Å²) in [5.41, 5.74) is 0. The molecule has 1 N–H and O–H groups in total. The molecule has 0 aromatic heterocycles. The third-order valence-electron chi connectivity index (χ3n) is 0. The molecule has 0 aliphatic rings. The molecule has 4 heteroatoms. The topological polar surface area (TPSA) is 37.3 Å². The summed E-state index contributed by atoms with van der Waals surface area (Å²) in [5, 5.41) is 6.14. The largest absolute Gasteiger partial charge is 3.00 e. The zero-order valence-electron chi connectivity index (χ0n) is 2.25. The van der Waals surface area contributed by atoms with E-state index < -0.39 is 5.30 Å². The van der Waals surface area contributed by atoms with Crippen molar-refractivity contribution in [3.05, 3.63) is 0 Å². The average Bonchev–Trinajstić information content (AvgIpc) is 0.811. The zero-order chi connectivity index (χ0) is 3.58.